The molecule has 0 saturated heterocycles. The van der Waals surface area contributed by atoms with E-state index in [1.54, 1.807) is 5.56 Å². The molecule has 1 atom stereocenters. The summed E-state index contributed by atoms with van der Waals surface area (Å²) < 4.78 is 4.98. The summed E-state index contributed by atoms with van der Waals surface area (Å²) in [4.78, 5) is 0. The predicted molar refractivity (Wildman–Crippen MR) is 82.6 cm³/mol. The molecule has 0 amide bonds. The molecule has 0 heterocycles. The molecule has 109 valence electrons. The van der Waals surface area contributed by atoms with Crippen molar-refractivity contribution in [2.24, 2.45) is 0 Å². The van der Waals surface area contributed by atoms with Gasteiger partial charge in [0.1, 0.15) is 0 Å². The molecule has 0 N–H and O–H groups in total. The fourth-order valence-electron chi connectivity index (χ4n) is 3.40. The van der Waals surface area contributed by atoms with Crippen molar-refractivity contribution in [1.29, 1.82) is 0 Å². The van der Waals surface area contributed by atoms with Crippen LogP contribution in [-0.4, -0.2) is 4.21 Å². The minimum absolute atomic E-state index is 0. The van der Waals surface area contributed by atoms with Crippen LogP contribution >= 0.6 is 0 Å². The van der Waals surface area contributed by atoms with Gasteiger partial charge < -0.3 is 24.8 Å². The number of hydrogen-bond acceptors (Lipinski definition) is 0. The van der Waals surface area contributed by atoms with Gasteiger partial charge >= 0.3 is 131 Å². The van der Waals surface area contributed by atoms with E-state index in [1.807, 2.05) is 0 Å². The first-order valence-electron chi connectivity index (χ1n) is 7.01. The number of allylic oxidation sites excluding steroid dienone is 4. The van der Waals surface area contributed by atoms with Gasteiger partial charge in [0.25, 0.3) is 0 Å². The molecule has 0 saturated carbocycles. The number of halogens is 2. The molecular formula is C19H15Cl2Zr. The van der Waals surface area contributed by atoms with Gasteiger partial charge in [-0.1, -0.05) is 0 Å². The average Bonchev–Trinajstić information content (AvgIpc) is 3.13. The topological polar surface area (TPSA) is 0 Å². The molecule has 0 aromatic heterocycles. The van der Waals surface area contributed by atoms with E-state index in [9.17, 15) is 0 Å². The van der Waals surface area contributed by atoms with E-state index in [0.717, 1.165) is 6.42 Å². The Hall–Kier alpha value is -0.747. The minimum atomic E-state index is -0.662. The number of fused-ring (bicyclic) bond motifs is 3. The molecule has 0 aliphatic heterocycles. The van der Waals surface area contributed by atoms with Crippen LogP contribution in [0.4, 0.5) is 0 Å². The third-order valence-corrected chi connectivity index (χ3v) is 6.76. The molecule has 0 bridgehead atoms. The third-order valence-electron chi connectivity index (χ3n) is 4.28. The summed E-state index contributed by atoms with van der Waals surface area (Å²) in [5, 5.41) is 0. The van der Waals surface area contributed by atoms with Gasteiger partial charge in [-0.15, -0.1) is 0 Å². The van der Waals surface area contributed by atoms with E-state index >= 15 is 0 Å². The SMILES string of the molecule is [CH2]=[Zr+2][CH]1c2ccccc2-c2cccc(C3=CC=CC3)c21.[Cl-].[Cl-]. The Morgan fingerprint density at radius 1 is 0.909 bits per heavy atom. The number of hydrogen-bond donors (Lipinski definition) is 0. The largest absolute Gasteiger partial charge is 1.00 e. The minimum Gasteiger partial charge on any atom is -1.00 e. The Morgan fingerprint density at radius 3 is 2.36 bits per heavy atom. The van der Waals surface area contributed by atoms with Crippen LogP contribution in [0.1, 0.15) is 26.7 Å². The Kier molecular flexibility index (Phi) is 5.78. The third kappa shape index (κ3) is 2.64. The van der Waals surface area contributed by atoms with Crippen LogP contribution in [0.15, 0.2) is 60.7 Å². The summed E-state index contributed by atoms with van der Waals surface area (Å²) in [7, 11) is 0. The van der Waals surface area contributed by atoms with E-state index in [4.69, 9.17) is 0 Å². The summed E-state index contributed by atoms with van der Waals surface area (Å²) in [6, 6.07) is 15.7. The molecule has 3 heteroatoms. The van der Waals surface area contributed by atoms with E-state index in [2.05, 4.69) is 64.9 Å². The molecule has 0 spiro atoms. The smallest absolute Gasteiger partial charge is 1.00 e. The molecule has 2 aromatic rings. The molecule has 1 unspecified atom stereocenters. The first-order valence-corrected chi connectivity index (χ1v) is 10.2. The Balaban J connectivity index is 0.000000882. The maximum absolute atomic E-state index is 4.37. The molecule has 2 aliphatic carbocycles. The maximum Gasteiger partial charge on any atom is -1.00 e. The van der Waals surface area contributed by atoms with Crippen molar-refractivity contribution >= 4 is 9.78 Å². The number of rotatable bonds is 2. The van der Waals surface area contributed by atoms with E-state index < -0.39 is 22.8 Å². The van der Waals surface area contributed by atoms with Gasteiger partial charge in [0.2, 0.25) is 0 Å². The fraction of sp³-hybridized carbons (Fsp3) is 0.105. The first-order chi connectivity index (χ1) is 9.90. The second-order valence-corrected chi connectivity index (χ2v) is 7.74. The second kappa shape index (κ2) is 7.22. The quantitative estimate of drug-likeness (QED) is 0.578. The molecule has 22 heavy (non-hydrogen) atoms. The molecule has 2 aliphatic rings. The van der Waals surface area contributed by atoms with Gasteiger partial charge in [0.15, 0.2) is 0 Å². The molecule has 0 nitrogen and oxygen atoms in total. The first kappa shape index (κ1) is 17.6. The van der Waals surface area contributed by atoms with Crippen LogP contribution in [-0.2, 0) is 22.8 Å². The van der Waals surface area contributed by atoms with Gasteiger partial charge in [-0.05, 0) is 0 Å². The van der Waals surface area contributed by atoms with Gasteiger partial charge in [-0.2, -0.15) is 0 Å². The maximum atomic E-state index is 4.37. The molecule has 4 rings (SSSR count). The van der Waals surface area contributed by atoms with Gasteiger partial charge in [0.05, 0.1) is 0 Å². The molecule has 0 radical (unpaired) electrons. The Morgan fingerprint density at radius 2 is 1.64 bits per heavy atom. The van der Waals surface area contributed by atoms with Crippen molar-refractivity contribution in [3.8, 4) is 11.1 Å². The standard InChI is InChI=1S/C18H13.CH2.2ClH.Zr/c1-2-7-13(6-1)15-10-5-11-17-16-9-4-3-8-14(16)12-18(15)17;;;;/h1-6,8-12H,7H2;1H2;2*1H;/q;;;;+2/p-2. The van der Waals surface area contributed by atoms with Gasteiger partial charge in [-0.25, -0.2) is 0 Å². The van der Waals surface area contributed by atoms with Crippen LogP contribution in [0.2, 0.25) is 0 Å². The van der Waals surface area contributed by atoms with Crippen molar-refractivity contribution in [3.05, 3.63) is 77.4 Å². The second-order valence-electron chi connectivity index (χ2n) is 5.32. The molecule has 2 aromatic carbocycles. The van der Waals surface area contributed by atoms with Crippen LogP contribution in [0.25, 0.3) is 16.7 Å². The predicted octanol–water partition coefficient (Wildman–Crippen LogP) is -1.38. The van der Waals surface area contributed by atoms with E-state index in [-0.39, 0.29) is 24.8 Å². The van der Waals surface area contributed by atoms with Crippen molar-refractivity contribution in [3.63, 3.8) is 0 Å². The van der Waals surface area contributed by atoms with Crippen molar-refractivity contribution in [1.82, 2.24) is 0 Å². The van der Waals surface area contributed by atoms with E-state index in [1.165, 1.54) is 27.8 Å². The summed E-state index contributed by atoms with van der Waals surface area (Å²) >= 11 is -0.662. The van der Waals surface area contributed by atoms with Crippen molar-refractivity contribution in [2.45, 2.75) is 10.0 Å². The van der Waals surface area contributed by atoms with Gasteiger partial charge in [-0.3, -0.25) is 0 Å². The van der Waals surface area contributed by atoms with Crippen LogP contribution < -0.4 is 24.8 Å². The zero-order valence-corrected chi connectivity index (χ0v) is 16.0. The Labute approximate surface area is 155 Å². The average molecular weight is 405 g/mol. The zero-order chi connectivity index (χ0) is 13.5. The zero-order valence-electron chi connectivity index (χ0n) is 12.0. The van der Waals surface area contributed by atoms with Crippen molar-refractivity contribution < 1.29 is 47.6 Å². The van der Waals surface area contributed by atoms with Crippen LogP contribution in [0.5, 0.6) is 0 Å². The summed E-state index contributed by atoms with van der Waals surface area (Å²) in [6.07, 6.45) is 7.76. The normalized spacial score (nSPS) is 16.7. The molecule has 0 fully saturated rings. The van der Waals surface area contributed by atoms with E-state index in [0.29, 0.717) is 3.63 Å². The monoisotopic (exact) mass is 403 g/mol. The van der Waals surface area contributed by atoms with Crippen LogP contribution in [0, 0.1) is 0 Å². The van der Waals surface area contributed by atoms with Gasteiger partial charge in [0, 0.05) is 0 Å². The fourth-order valence-corrected chi connectivity index (χ4v) is 5.83. The summed E-state index contributed by atoms with van der Waals surface area (Å²) in [5.41, 5.74) is 8.88. The summed E-state index contributed by atoms with van der Waals surface area (Å²) in [5.74, 6) is 0. The van der Waals surface area contributed by atoms with Crippen LogP contribution in [0.3, 0.4) is 0 Å². The van der Waals surface area contributed by atoms with Crippen molar-refractivity contribution in [2.75, 3.05) is 0 Å². The molecular weight excluding hydrogens is 390 g/mol. The summed E-state index contributed by atoms with van der Waals surface area (Å²) in [6.45, 7) is 0. The Bertz CT molecular complexity index is 775. The number of benzene rings is 2.